The Balaban J connectivity index is 2.11. The van der Waals surface area contributed by atoms with E-state index in [1.54, 1.807) is 6.92 Å². The minimum atomic E-state index is -5.02. The van der Waals surface area contributed by atoms with Crippen molar-refractivity contribution in [2.24, 2.45) is 0 Å². The van der Waals surface area contributed by atoms with Crippen molar-refractivity contribution < 1.29 is 29.5 Å². The maximum atomic E-state index is 12.9. The molecular weight excluding hydrogens is 442 g/mol. The van der Waals surface area contributed by atoms with Crippen LogP contribution in [0.5, 0.6) is 0 Å². The van der Waals surface area contributed by atoms with Gasteiger partial charge in [-0.3, -0.25) is 0 Å². The number of amides is 1. The number of sulfonamides is 1. The Hall–Kier alpha value is -1.97. The van der Waals surface area contributed by atoms with Gasteiger partial charge in [-0.15, -0.1) is 0 Å². The summed E-state index contributed by atoms with van der Waals surface area (Å²) in [4.78, 5) is 12.2. The quantitative estimate of drug-likeness (QED) is 0.433. The molecule has 0 aliphatic rings. The van der Waals surface area contributed by atoms with Crippen LogP contribution < -0.4 is 14.4 Å². The van der Waals surface area contributed by atoms with E-state index in [0.717, 1.165) is 24.3 Å². The van der Waals surface area contributed by atoms with E-state index in [2.05, 4.69) is 10.0 Å². The molecule has 2 aromatic carbocycles. The van der Waals surface area contributed by atoms with Gasteiger partial charge in [0.05, 0.1) is 0 Å². The number of benzene rings is 2. The van der Waals surface area contributed by atoms with Crippen LogP contribution in [0.25, 0.3) is 0 Å². The molecule has 0 fully saturated rings. The monoisotopic (exact) mass is 460 g/mol. The average molecular weight is 460 g/mol. The van der Waals surface area contributed by atoms with E-state index in [1.165, 1.54) is 24.3 Å². The molecule has 1 atom stereocenters. The summed E-state index contributed by atoms with van der Waals surface area (Å²) < 4.78 is 69.2. The average Bonchev–Trinajstić information content (AvgIpc) is 2.59. The van der Waals surface area contributed by atoms with Crippen molar-refractivity contribution in [2.45, 2.75) is 24.3 Å². The molecule has 0 aliphatic carbocycles. The van der Waals surface area contributed by atoms with E-state index in [9.17, 15) is 21.3 Å². The molecule has 11 heteroatoms. The summed E-state index contributed by atoms with van der Waals surface area (Å²) in [7, 11) is -4.03. The molecule has 0 bridgehead atoms. The van der Waals surface area contributed by atoms with Gasteiger partial charge >= 0.3 is 148 Å². The van der Waals surface area contributed by atoms with Crippen molar-refractivity contribution in [3.05, 3.63) is 54.3 Å². The van der Waals surface area contributed by atoms with Crippen LogP contribution in [0, 0.1) is 5.82 Å². The third-order valence-electron chi connectivity index (χ3n) is 3.62. The number of carbonyl (C=O) groups is 1. The Morgan fingerprint density at radius 3 is 2.15 bits per heavy atom. The molecule has 27 heavy (non-hydrogen) atoms. The molecule has 146 valence electrons. The van der Waals surface area contributed by atoms with Crippen molar-refractivity contribution in [2.75, 3.05) is 5.32 Å². The fourth-order valence-electron chi connectivity index (χ4n) is 2.16. The minimum absolute atomic E-state index is 0.143. The molecule has 0 saturated heterocycles. The Labute approximate surface area is 158 Å². The van der Waals surface area contributed by atoms with Crippen molar-refractivity contribution in [1.82, 2.24) is 4.72 Å². The van der Waals surface area contributed by atoms with Gasteiger partial charge in [-0.1, -0.05) is 0 Å². The maximum absolute atomic E-state index is 12.9. The molecule has 0 radical (unpaired) electrons. The molecule has 2 rings (SSSR count). The first-order valence-electron chi connectivity index (χ1n) is 7.78. The second-order valence-corrected chi connectivity index (χ2v) is 10.7. The Kier molecular flexibility index (Phi) is 6.61. The van der Waals surface area contributed by atoms with Crippen molar-refractivity contribution in [1.29, 1.82) is 0 Å². The molecular formula is C16H18AsFN2O6S. The number of halogens is 1. The van der Waals surface area contributed by atoms with E-state index < -0.39 is 42.0 Å². The van der Waals surface area contributed by atoms with Crippen LogP contribution in [-0.2, 0) is 18.6 Å². The molecule has 0 heterocycles. The first-order chi connectivity index (χ1) is 12.5. The number of nitrogens with one attached hydrogen (secondary N) is 2. The Morgan fingerprint density at radius 1 is 1.11 bits per heavy atom. The van der Waals surface area contributed by atoms with Crippen LogP contribution >= 0.6 is 0 Å². The fourth-order valence-corrected chi connectivity index (χ4v) is 4.57. The third kappa shape index (κ3) is 5.75. The van der Waals surface area contributed by atoms with Crippen molar-refractivity contribution in [3.8, 4) is 0 Å². The van der Waals surface area contributed by atoms with Gasteiger partial charge in [-0.2, -0.15) is 0 Å². The second kappa shape index (κ2) is 8.37. The van der Waals surface area contributed by atoms with Gasteiger partial charge in [0.15, 0.2) is 0 Å². The predicted octanol–water partition coefficient (Wildman–Crippen LogP) is 0.0823. The summed E-state index contributed by atoms with van der Waals surface area (Å²) in [5, 5.41) is 2.48. The van der Waals surface area contributed by atoms with Crippen LogP contribution in [0.4, 0.5) is 10.1 Å². The first kappa shape index (κ1) is 21.3. The summed E-state index contributed by atoms with van der Waals surface area (Å²) >= 11 is -5.02. The van der Waals surface area contributed by atoms with Gasteiger partial charge in [0.25, 0.3) is 0 Å². The molecule has 1 unspecified atom stereocenters. The molecule has 1 amide bonds. The summed E-state index contributed by atoms with van der Waals surface area (Å²) in [5.74, 6) is -1.23. The van der Waals surface area contributed by atoms with E-state index in [1.807, 2.05) is 0 Å². The molecule has 8 nitrogen and oxygen atoms in total. The number of hydrogen-bond donors (Lipinski definition) is 4. The molecule has 2 aromatic rings. The zero-order valence-electron chi connectivity index (χ0n) is 14.2. The number of anilines is 1. The van der Waals surface area contributed by atoms with Gasteiger partial charge < -0.3 is 0 Å². The predicted molar refractivity (Wildman–Crippen MR) is 96.4 cm³/mol. The summed E-state index contributed by atoms with van der Waals surface area (Å²) in [6.07, 6.45) is 0.149. The Bertz CT molecular complexity index is 957. The standard InChI is InChI=1S/C16H18AsFN2O6S/c1-2-15(20-27(25,26)14-9-5-12(18)6-10-14)16(21)19-13-7-3-11(4-8-13)17(22,23)24/h3-10,15,20H,2H2,1H3,(H,19,21)(H2,22,23,24). The summed E-state index contributed by atoms with van der Waals surface area (Å²) in [6.45, 7) is 1.61. The molecule has 0 spiro atoms. The zero-order chi connectivity index (χ0) is 20.2. The van der Waals surface area contributed by atoms with E-state index >= 15 is 0 Å². The third-order valence-corrected chi connectivity index (χ3v) is 7.14. The molecule has 0 aromatic heterocycles. The van der Waals surface area contributed by atoms with Gasteiger partial charge in [-0.25, -0.2) is 4.39 Å². The Morgan fingerprint density at radius 2 is 1.67 bits per heavy atom. The topological polar surface area (TPSA) is 133 Å². The number of rotatable bonds is 7. The molecule has 4 N–H and O–H groups in total. The van der Waals surface area contributed by atoms with E-state index in [-0.39, 0.29) is 21.4 Å². The molecule has 0 saturated carbocycles. The second-order valence-electron chi connectivity index (χ2n) is 5.62. The van der Waals surface area contributed by atoms with Gasteiger partial charge in [0.1, 0.15) is 5.82 Å². The zero-order valence-corrected chi connectivity index (χ0v) is 16.9. The van der Waals surface area contributed by atoms with Crippen molar-refractivity contribution in [3.63, 3.8) is 0 Å². The van der Waals surface area contributed by atoms with E-state index in [0.29, 0.717) is 0 Å². The summed E-state index contributed by atoms with van der Waals surface area (Å²) in [5.41, 5.74) is 0.257. The number of carbonyl (C=O) groups excluding carboxylic acids is 1. The van der Waals surface area contributed by atoms with Crippen LogP contribution in [0.2, 0.25) is 0 Å². The van der Waals surface area contributed by atoms with Crippen LogP contribution in [-0.4, -0.2) is 42.7 Å². The number of hydrogen-bond acceptors (Lipinski definition) is 4. The van der Waals surface area contributed by atoms with Crippen LogP contribution in [0.3, 0.4) is 0 Å². The molecule has 0 aliphatic heterocycles. The fraction of sp³-hybridized carbons (Fsp3) is 0.188. The SMILES string of the molecule is CCC(NS(=O)(=O)c1ccc(F)cc1)C(=O)Nc1ccc([As](=O)(O)O)cc1. The summed E-state index contributed by atoms with van der Waals surface area (Å²) in [6, 6.07) is 8.10. The van der Waals surface area contributed by atoms with Gasteiger partial charge in [0.2, 0.25) is 0 Å². The normalized spacial score (nSPS) is 13.2. The van der Waals surface area contributed by atoms with Crippen LogP contribution in [0.1, 0.15) is 13.3 Å². The first-order valence-corrected chi connectivity index (χ1v) is 12.6. The van der Waals surface area contributed by atoms with E-state index in [4.69, 9.17) is 8.19 Å². The van der Waals surface area contributed by atoms with Gasteiger partial charge in [0, 0.05) is 0 Å². The van der Waals surface area contributed by atoms with Crippen molar-refractivity contribution >= 4 is 40.1 Å². The van der Waals surface area contributed by atoms with Crippen LogP contribution in [0.15, 0.2) is 53.4 Å². The van der Waals surface area contributed by atoms with Gasteiger partial charge in [-0.05, 0) is 0 Å².